The van der Waals surface area contributed by atoms with Gasteiger partial charge in [-0.2, -0.15) is 0 Å². The number of ether oxygens (including phenoxy) is 4. The summed E-state index contributed by atoms with van der Waals surface area (Å²) in [5.41, 5.74) is 9.15. The Labute approximate surface area is 807 Å². The molecular weight excluding hydrogens is 1750 g/mol. The van der Waals surface area contributed by atoms with Crippen molar-refractivity contribution in [3.05, 3.63) is 366 Å². The van der Waals surface area contributed by atoms with Gasteiger partial charge in [-0.3, -0.25) is 4.79 Å². The largest absolute Gasteiger partial charge is 0.507 e. The molecule has 15 aromatic carbocycles. The first-order valence-electron chi connectivity index (χ1n) is 48.6. The molecule has 11 heteroatoms. The molecule has 5 heterocycles. The number of benzene rings is 15. The molecule has 8 aliphatic rings. The molecule has 0 unspecified atom stereocenters. The SMILES string of the molecule is COc1c(C)cc(-[s+]2c3ccccc3c3ccccc32)cc1C.Cc1cc(-[s+]2c3ccccc3c3ccccc32)cc(C)c1O.Cc1cc(-[s+]2c3ccccc3c3ccccc32)cc(C)c1OCC(=O)CC1(C)C2CC3CC(C2)CC1C3.Cc1cc(-[s+]2c3ccccc3c3ccccc32)cc(C)c1OCOC1C2CC3CC(C2)CC1C3.c1ccc(-[s+]2c3ccccc3c3ccccc32)cc1. The summed E-state index contributed by atoms with van der Waals surface area (Å²) in [6.07, 6.45) is 15.0. The van der Waals surface area contributed by atoms with Crippen LogP contribution in [0.4, 0.5) is 0 Å². The average Bonchev–Trinajstić information content (AvgIpc) is 1.72. The zero-order valence-electron chi connectivity index (χ0n) is 79.0. The summed E-state index contributed by atoms with van der Waals surface area (Å²) in [7, 11) is 1.51. The molecule has 0 amide bonds. The van der Waals surface area contributed by atoms with Crippen molar-refractivity contribution < 1.29 is 28.8 Å². The van der Waals surface area contributed by atoms with Crippen LogP contribution in [-0.2, 0) is 9.53 Å². The van der Waals surface area contributed by atoms with Crippen molar-refractivity contribution in [2.75, 3.05) is 20.5 Å². The van der Waals surface area contributed by atoms with Crippen LogP contribution < -0.4 is 14.2 Å². The molecule has 676 valence electrons. The van der Waals surface area contributed by atoms with Gasteiger partial charge in [-0.25, -0.2) is 0 Å². The van der Waals surface area contributed by atoms with Crippen molar-refractivity contribution >= 4 is 159 Å². The van der Waals surface area contributed by atoms with Crippen molar-refractivity contribution in [2.24, 2.45) is 52.8 Å². The lowest BCUT2D eigenvalue weighted by Gasteiger charge is -2.60. The summed E-state index contributed by atoms with van der Waals surface area (Å²) in [6.45, 7) is 19.8. The number of aryl methyl sites for hydroxylation is 8. The molecule has 0 aliphatic heterocycles. The molecule has 8 bridgehead atoms. The summed E-state index contributed by atoms with van der Waals surface area (Å²) in [5.74, 6) is 10.4. The smallest absolute Gasteiger partial charge is 0.189 e. The highest BCUT2D eigenvalue weighted by Gasteiger charge is 2.55. The lowest BCUT2D eigenvalue weighted by atomic mass is 9.45. The number of thiophene rings is 5. The first-order valence-corrected chi connectivity index (χ1v) is 54.8. The van der Waals surface area contributed by atoms with Gasteiger partial charge in [0.05, 0.1) is 13.2 Å². The number of rotatable bonds is 15. The minimum absolute atomic E-state index is 0.0269. The average molecular weight is 1870 g/mol. The lowest BCUT2D eigenvalue weighted by molar-refractivity contribution is -0.155. The molecular formula is C124H119O6S5+5. The lowest BCUT2D eigenvalue weighted by Crippen LogP contribution is -2.52. The number of Topliss-reactive ketones (excluding diaryl/α,β-unsaturated/α-hetero) is 1. The van der Waals surface area contributed by atoms with E-state index in [2.05, 4.69) is 370 Å². The third-order valence-corrected chi connectivity index (χ3v) is 42.5. The zero-order chi connectivity index (χ0) is 92.0. The Hall–Kier alpha value is -11.8. The van der Waals surface area contributed by atoms with E-state index >= 15 is 0 Å². The van der Waals surface area contributed by atoms with Crippen LogP contribution in [0, 0.1) is 108 Å². The van der Waals surface area contributed by atoms with Crippen LogP contribution in [-0.4, -0.2) is 37.5 Å². The van der Waals surface area contributed by atoms with Gasteiger partial charge in [-0.15, -0.1) is 0 Å². The number of phenols is 1. The van der Waals surface area contributed by atoms with Crippen LogP contribution in [0.5, 0.6) is 23.0 Å². The standard InChI is InChI=1S/C34H37O2S.C31H33O2S.C21H19OS.C20H16OS.C18H13S/c1-21-12-28(37-31-10-6-4-8-29(31)30-9-5-7-11-32(30)37)13-22(2)33(21)36-20-27(35)19-34(3)25-15-23-14-24(17-25)18-26(34)16-23;1-19-11-25(34-28-9-5-3-7-26(28)27-8-4-6-10-29(27)34)12-20(2)30(19)32-18-33-31-23-14-21-13-22(16-23)17-24(31)15-21;1-14-12-16(13-15(2)21(14)22-3)23-19-10-6-4-8-17(19)18-9-5-7-11-20(18)23;1-13-11-15(12-14(2)20(13)21)22-18-9-5-3-7-16(18)17-8-4-6-10-19(17)22;1-2-8-14(9-3-1)19-17-12-6-4-10-15(17)16-11-5-7-13-18(16)19/h4-13,23-26H,14-20H2,1-3H3;3-12,21-24,31H,13-18H2,1-2H3;4-13H,1-3H3;3-12H,1-2H3;1-13H/q3*+1;;+1/p+1. The van der Waals surface area contributed by atoms with Crippen molar-refractivity contribution in [2.45, 2.75) is 139 Å². The molecule has 8 aliphatic carbocycles. The van der Waals surface area contributed by atoms with Gasteiger partial charge in [0.1, 0.15) is 29.6 Å². The van der Waals surface area contributed by atoms with E-state index in [0.29, 0.717) is 25.1 Å². The number of hydrogen-bond acceptors (Lipinski definition) is 6. The van der Waals surface area contributed by atoms with Crippen molar-refractivity contribution in [1.82, 2.24) is 0 Å². The molecule has 8 saturated carbocycles. The number of carbonyl (C=O) groups excluding carboxylic acids is 1. The molecule has 0 spiro atoms. The molecule has 6 nitrogen and oxygen atoms in total. The highest BCUT2D eigenvalue weighted by molar-refractivity contribution is 7.52. The Bertz CT molecular complexity index is 7530. The quantitative estimate of drug-likeness (QED) is 0.0814. The Morgan fingerprint density at radius 1 is 0.296 bits per heavy atom. The molecule has 5 aromatic heterocycles. The Balaban J connectivity index is 0.000000100. The van der Waals surface area contributed by atoms with Crippen molar-refractivity contribution in [3.63, 3.8) is 0 Å². The van der Waals surface area contributed by atoms with E-state index in [1.165, 1.54) is 212 Å². The van der Waals surface area contributed by atoms with E-state index in [-0.39, 0.29) is 70.2 Å². The van der Waals surface area contributed by atoms with Crippen LogP contribution >= 0.6 is 52.3 Å². The molecule has 135 heavy (non-hydrogen) atoms. The van der Waals surface area contributed by atoms with E-state index in [1.54, 1.807) is 7.11 Å². The van der Waals surface area contributed by atoms with Gasteiger partial charge in [0.2, 0.25) is 0 Å². The fraction of sp³-hybridized carbons (Fsp3) is 0.266. The predicted octanol–water partition coefficient (Wildman–Crippen LogP) is 35.8. The van der Waals surface area contributed by atoms with E-state index in [1.807, 2.05) is 13.8 Å². The van der Waals surface area contributed by atoms with Gasteiger partial charge < -0.3 is 24.1 Å². The van der Waals surface area contributed by atoms with E-state index < -0.39 is 0 Å². The highest BCUT2D eigenvalue weighted by atomic mass is 32.2. The summed E-state index contributed by atoms with van der Waals surface area (Å²) in [6, 6.07) is 117. The Morgan fingerprint density at radius 2 is 0.533 bits per heavy atom. The monoisotopic (exact) mass is 1860 g/mol. The maximum atomic E-state index is 13.3. The first kappa shape index (κ1) is 88.5. The number of hydrogen-bond donors (Lipinski definition) is 1. The summed E-state index contributed by atoms with van der Waals surface area (Å²) < 4.78 is 38.7. The molecule has 8 fully saturated rings. The minimum Gasteiger partial charge on any atom is -0.507 e. The molecule has 0 radical (unpaired) electrons. The van der Waals surface area contributed by atoms with E-state index in [0.717, 1.165) is 86.8 Å². The molecule has 0 saturated heterocycles. The fourth-order valence-electron chi connectivity index (χ4n) is 25.5. The third kappa shape index (κ3) is 16.4. The number of aromatic hydroxyl groups is 1. The minimum atomic E-state index is -0.117. The van der Waals surface area contributed by atoms with E-state index in [9.17, 15) is 9.90 Å². The van der Waals surface area contributed by atoms with Crippen LogP contribution in [0.25, 0.3) is 125 Å². The Morgan fingerprint density at radius 3 is 0.815 bits per heavy atom. The van der Waals surface area contributed by atoms with Crippen LogP contribution in [0.1, 0.15) is 122 Å². The van der Waals surface area contributed by atoms with Gasteiger partial charge in [0.25, 0.3) is 0 Å². The maximum absolute atomic E-state index is 13.3. The van der Waals surface area contributed by atoms with Gasteiger partial charge >= 0.3 is 0 Å². The number of methoxy groups -OCH3 is 1. The summed E-state index contributed by atoms with van der Waals surface area (Å²) in [4.78, 5) is 20.0. The second-order valence-electron chi connectivity index (χ2n) is 39.7. The van der Waals surface area contributed by atoms with E-state index in [4.69, 9.17) is 18.9 Å². The molecule has 20 aromatic rings. The third-order valence-electron chi connectivity index (χ3n) is 31.0. The van der Waals surface area contributed by atoms with Gasteiger partial charge in [-0.1, -0.05) is 146 Å². The summed E-state index contributed by atoms with van der Waals surface area (Å²) >= 11 is 0. The number of fused-ring (bicyclic) bond motifs is 15. The number of phenolic OH excluding ortho intramolecular Hbond substituents is 1. The van der Waals surface area contributed by atoms with Crippen LogP contribution in [0.2, 0.25) is 0 Å². The van der Waals surface area contributed by atoms with Gasteiger partial charge in [0, 0.05) is 161 Å². The number of carbonyl (C=O) groups is 1. The second kappa shape index (κ2) is 37.0. The summed E-state index contributed by atoms with van der Waals surface area (Å²) in [5, 5.41) is 23.7. The van der Waals surface area contributed by atoms with Crippen LogP contribution in [0.15, 0.2) is 322 Å². The Kier molecular flexibility index (Phi) is 24.3. The van der Waals surface area contributed by atoms with Gasteiger partial charge in [-0.05, 0) is 350 Å². The zero-order valence-corrected chi connectivity index (χ0v) is 83.1. The first-order chi connectivity index (χ1) is 65.9. The maximum Gasteiger partial charge on any atom is 0.189 e. The van der Waals surface area contributed by atoms with Gasteiger partial charge in [0.15, 0.2) is 84.1 Å². The molecule has 0 atom stereocenters. The molecule has 1 N–H and O–H groups in total. The van der Waals surface area contributed by atoms with Crippen LogP contribution in [0.3, 0.4) is 0 Å². The second-order valence-corrected chi connectivity index (χ2v) is 49.5. The topological polar surface area (TPSA) is 74.2 Å². The normalized spacial score (nSPS) is 20.1. The predicted molar refractivity (Wildman–Crippen MR) is 580 cm³/mol. The number of ketones is 1. The van der Waals surface area contributed by atoms with Crippen molar-refractivity contribution in [3.8, 4) is 47.5 Å². The van der Waals surface area contributed by atoms with Crippen molar-refractivity contribution in [1.29, 1.82) is 0 Å². The highest BCUT2D eigenvalue weighted by Crippen LogP contribution is 2.64. The fourth-order valence-corrected chi connectivity index (χ4v) is 38.1. The molecule has 28 rings (SSSR count).